The molecule has 0 saturated carbocycles. The van der Waals surface area contributed by atoms with Gasteiger partial charge in [0, 0.05) is 6.42 Å². The van der Waals surface area contributed by atoms with Crippen LogP contribution in [0.3, 0.4) is 0 Å². The highest BCUT2D eigenvalue weighted by molar-refractivity contribution is 6.41. The van der Waals surface area contributed by atoms with Gasteiger partial charge >= 0.3 is 5.97 Å². The van der Waals surface area contributed by atoms with Crippen molar-refractivity contribution in [3.05, 3.63) is 0 Å². The first-order chi connectivity index (χ1) is 23.4. The minimum atomic E-state index is -0.905. The van der Waals surface area contributed by atoms with E-state index >= 15 is 0 Å². The molecule has 0 aromatic carbocycles. The van der Waals surface area contributed by atoms with E-state index in [1.807, 2.05) is 0 Å². The van der Waals surface area contributed by atoms with Crippen molar-refractivity contribution in [2.75, 3.05) is 6.61 Å². The van der Waals surface area contributed by atoms with Crippen LogP contribution in [0.15, 0.2) is 0 Å². The molecule has 0 aromatic rings. The van der Waals surface area contributed by atoms with Crippen molar-refractivity contribution in [3.63, 3.8) is 0 Å². The summed E-state index contributed by atoms with van der Waals surface area (Å²) in [6, 6.07) is 0. The third-order valence-corrected chi connectivity index (χ3v) is 10.1. The lowest BCUT2D eigenvalue weighted by Crippen LogP contribution is -2.32. The Balaban J connectivity index is 4.28. The molecular formula is C44H84O4. The topological polar surface area (TPSA) is 60.4 Å². The number of ketones is 2. The van der Waals surface area contributed by atoms with Gasteiger partial charge < -0.3 is 4.74 Å². The van der Waals surface area contributed by atoms with Crippen molar-refractivity contribution in [1.82, 2.24) is 0 Å². The third-order valence-electron chi connectivity index (χ3n) is 10.1. The van der Waals surface area contributed by atoms with Gasteiger partial charge in [-0.3, -0.25) is 14.4 Å². The van der Waals surface area contributed by atoms with Crippen LogP contribution < -0.4 is 0 Å². The van der Waals surface area contributed by atoms with Crippen LogP contribution in [-0.2, 0) is 19.1 Å². The van der Waals surface area contributed by atoms with Crippen molar-refractivity contribution in [3.8, 4) is 0 Å². The zero-order chi connectivity index (χ0) is 35.3. The zero-order valence-electron chi connectivity index (χ0n) is 33.0. The number of carbonyl (C=O) groups excluding carboxylic acids is 3. The van der Waals surface area contributed by atoms with Gasteiger partial charge in [0.2, 0.25) is 5.78 Å². The SMILES string of the molecule is CCCCCCCCCCCCCCCCC(=O)C(=O)C(CCCCCCCCCCCCCCCC)C(=O)OCCCCCC(C)C. The highest BCUT2D eigenvalue weighted by atomic mass is 16.5. The molecule has 48 heavy (non-hydrogen) atoms. The number of Topliss-reactive ketones (excluding diaryl/α,β-unsaturated/α-hetero) is 2. The third kappa shape index (κ3) is 32.0. The Labute approximate surface area is 300 Å². The lowest BCUT2D eigenvalue weighted by Gasteiger charge is -2.15. The molecule has 4 nitrogen and oxygen atoms in total. The van der Waals surface area contributed by atoms with Crippen LogP contribution in [0.2, 0.25) is 0 Å². The van der Waals surface area contributed by atoms with Crippen LogP contribution in [0.25, 0.3) is 0 Å². The fraction of sp³-hybridized carbons (Fsp3) is 0.932. The summed E-state index contributed by atoms with van der Waals surface area (Å²) in [4.78, 5) is 39.1. The summed E-state index contributed by atoms with van der Waals surface area (Å²) in [6.07, 6.45) is 40.2. The van der Waals surface area contributed by atoms with E-state index in [0.717, 1.165) is 57.8 Å². The molecule has 0 amide bonds. The first kappa shape index (κ1) is 46.8. The first-order valence-electron chi connectivity index (χ1n) is 21.7. The Morgan fingerprint density at radius 2 is 0.750 bits per heavy atom. The van der Waals surface area contributed by atoms with Gasteiger partial charge in [-0.2, -0.15) is 0 Å². The Bertz CT molecular complexity index is 715. The number of ether oxygens (including phenoxy) is 1. The van der Waals surface area contributed by atoms with Crippen LogP contribution in [0.1, 0.15) is 246 Å². The molecular weight excluding hydrogens is 592 g/mol. The Kier molecular flexibility index (Phi) is 36.2. The average Bonchev–Trinajstić information content (AvgIpc) is 3.07. The van der Waals surface area contributed by atoms with Gasteiger partial charge in [0.05, 0.1) is 6.61 Å². The summed E-state index contributed by atoms with van der Waals surface area (Å²) >= 11 is 0. The van der Waals surface area contributed by atoms with Gasteiger partial charge in [0.15, 0.2) is 5.78 Å². The van der Waals surface area contributed by atoms with Crippen molar-refractivity contribution in [2.24, 2.45) is 11.8 Å². The summed E-state index contributed by atoms with van der Waals surface area (Å²) < 4.78 is 5.57. The molecule has 0 aliphatic carbocycles. The molecule has 0 bridgehead atoms. The fourth-order valence-corrected chi connectivity index (χ4v) is 6.80. The number of unbranched alkanes of at least 4 members (excludes halogenated alkanes) is 28. The molecule has 0 saturated heterocycles. The van der Waals surface area contributed by atoms with Crippen LogP contribution in [0, 0.1) is 11.8 Å². The van der Waals surface area contributed by atoms with E-state index in [-0.39, 0.29) is 12.2 Å². The maximum absolute atomic E-state index is 13.2. The van der Waals surface area contributed by atoms with Gasteiger partial charge in [-0.25, -0.2) is 0 Å². The van der Waals surface area contributed by atoms with Crippen LogP contribution in [0.4, 0.5) is 0 Å². The highest BCUT2D eigenvalue weighted by Crippen LogP contribution is 2.19. The molecule has 0 aliphatic heterocycles. The Morgan fingerprint density at radius 1 is 0.417 bits per heavy atom. The molecule has 284 valence electrons. The lowest BCUT2D eigenvalue weighted by atomic mass is 9.92. The van der Waals surface area contributed by atoms with Gasteiger partial charge in [-0.15, -0.1) is 0 Å². The molecule has 0 heterocycles. The molecule has 0 aromatic heterocycles. The number of esters is 1. The van der Waals surface area contributed by atoms with Crippen LogP contribution >= 0.6 is 0 Å². The van der Waals surface area contributed by atoms with Crippen LogP contribution in [-0.4, -0.2) is 24.1 Å². The van der Waals surface area contributed by atoms with E-state index in [1.54, 1.807) is 0 Å². The van der Waals surface area contributed by atoms with E-state index < -0.39 is 17.7 Å². The number of carbonyl (C=O) groups is 3. The highest BCUT2D eigenvalue weighted by Gasteiger charge is 2.31. The predicted octanol–water partition coefficient (Wildman–Crippen LogP) is 14.2. The lowest BCUT2D eigenvalue weighted by molar-refractivity contribution is -0.155. The van der Waals surface area contributed by atoms with Gasteiger partial charge in [0.25, 0.3) is 0 Å². The molecule has 0 rings (SSSR count). The van der Waals surface area contributed by atoms with Crippen molar-refractivity contribution < 1.29 is 19.1 Å². The molecule has 1 unspecified atom stereocenters. The van der Waals surface area contributed by atoms with Gasteiger partial charge in [-0.1, -0.05) is 220 Å². The maximum atomic E-state index is 13.2. The fourth-order valence-electron chi connectivity index (χ4n) is 6.80. The van der Waals surface area contributed by atoms with E-state index in [0.29, 0.717) is 18.9 Å². The zero-order valence-corrected chi connectivity index (χ0v) is 33.0. The molecule has 0 spiro atoms. The minimum Gasteiger partial charge on any atom is -0.465 e. The number of hydrogen-bond donors (Lipinski definition) is 0. The number of rotatable bonds is 39. The molecule has 0 aliphatic rings. The normalized spacial score (nSPS) is 12.1. The predicted molar refractivity (Wildman–Crippen MR) is 208 cm³/mol. The van der Waals surface area contributed by atoms with E-state index in [9.17, 15) is 14.4 Å². The first-order valence-corrected chi connectivity index (χ1v) is 21.7. The summed E-state index contributed by atoms with van der Waals surface area (Å²) in [5, 5.41) is 0. The smallest absolute Gasteiger partial charge is 0.316 e. The summed E-state index contributed by atoms with van der Waals surface area (Å²) in [5.74, 6) is -1.54. The van der Waals surface area contributed by atoms with Gasteiger partial charge in [0.1, 0.15) is 5.92 Å². The average molecular weight is 677 g/mol. The molecule has 1 atom stereocenters. The van der Waals surface area contributed by atoms with E-state index in [1.165, 1.54) is 148 Å². The van der Waals surface area contributed by atoms with Crippen LogP contribution in [0.5, 0.6) is 0 Å². The summed E-state index contributed by atoms with van der Waals surface area (Å²) in [6.45, 7) is 9.34. The van der Waals surface area contributed by atoms with Crippen molar-refractivity contribution >= 4 is 17.5 Å². The largest absolute Gasteiger partial charge is 0.465 e. The quantitative estimate of drug-likeness (QED) is 0.0281. The van der Waals surface area contributed by atoms with Crippen molar-refractivity contribution in [1.29, 1.82) is 0 Å². The minimum absolute atomic E-state index is 0.272. The Hall–Kier alpha value is -1.19. The second-order valence-corrected chi connectivity index (χ2v) is 15.5. The second-order valence-electron chi connectivity index (χ2n) is 15.5. The summed E-state index contributed by atoms with van der Waals surface area (Å²) in [7, 11) is 0. The second kappa shape index (κ2) is 37.1. The van der Waals surface area contributed by atoms with E-state index in [4.69, 9.17) is 4.74 Å². The number of hydrogen-bond acceptors (Lipinski definition) is 4. The van der Waals surface area contributed by atoms with Crippen molar-refractivity contribution in [2.45, 2.75) is 246 Å². The Morgan fingerprint density at radius 3 is 1.15 bits per heavy atom. The molecule has 4 heteroatoms. The van der Waals surface area contributed by atoms with E-state index in [2.05, 4.69) is 27.7 Å². The molecule has 0 radical (unpaired) electrons. The monoisotopic (exact) mass is 677 g/mol. The molecule has 0 N–H and O–H groups in total. The maximum Gasteiger partial charge on any atom is 0.316 e. The molecule has 0 fully saturated rings. The van der Waals surface area contributed by atoms with Gasteiger partial charge in [-0.05, 0) is 25.2 Å². The summed E-state index contributed by atoms with van der Waals surface area (Å²) in [5.41, 5.74) is 0. The standard InChI is InChI=1S/C44H84O4/c1-5-7-9-11-13-15-17-19-21-23-25-27-29-33-37-41(44(47)48-39-35-31-32-36-40(3)4)43(46)42(45)38-34-30-28-26-24-22-20-18-16-14-12-10-8-6-2/h40-41H,5-39H2,1-4H3.